The first-order valence-corrected chi connectivity index (χ1v) is 37.3. The fraction of sp³-hybridized carbons (Fsp3) is 0.310. The Morgan fingerprint density at radius 3 is 0.931 bits per heavy atom. The second-order valence-corrected chi connectivity index (χ2v) is 27.9. The molecule has 10 aromatic rings. The molecule has 0 radical (unpaired) electrons. The topological polar surface area (TPSA) is 199 Å². The molecule has 0 aliphatic carbocycles. The molecule has 0 bridgehead atoms. The fourth-order valence-corrected chi connectivity index (χ4v) is 14.3. The van der Waals surface area contributed by atoms with Crippen LogP contribution in [0.1, 0.15) is 212 Å². The zero-order valence-corrected chi connectivity index (χ0v) is 61.1. The van der Waals surface area contributed by atoms with E-state index in [-0.39, 0.29) is 11.6 Å². The molecule has 0 N–H and O–H groups in total. The lowest BCUT2D eigenvalue weighted by Gasteiger charge is -2.10. The summed E-state index contributed by atoms with van der Waals surface area (Å²) in [6.45, 7) is 13.3. The summed E-state index contributed by atoms with van der Waals surface area (Å²) in [6, 6.07) is 55.5. The van der Waals surface area contributed by atoms with Crippen molar-refractivity contribution in [2.24, 2.45) is 20.6 Å². The van der Waals surface area contributed by atoms with Crippen molar-refractivity contribution in [2.75, 3.05) is 11.5 Å². The van der Waals surface area contributed by atoms with Gasteiger partial charge in [-0.3, -0.25) is 9.59 Å². The lowest BCUT2D eigenvalue weighted by Crippen LogP contribution is -2.05. The van der Waals surface area contributed by atoms with Gasteiger partial charge in [0, 0.05) is 104 Å². The summed E-state index contributed by atoms with van der Waals surface area (Å²) >= 11 is 3.59. The molecule has 0 spiro atoms. The second kappa shape index (κ2) is 36.5. The number of aromatic nitrogens is 2. The molecule has 2 heterocycles. The molecule has 2 aromatic heterocycles. The van der Waals surface area contributed by atoms with Crippen LogP contribution in [0.3, 0.4) is 0 Å². The van der Waals surface area contributed by atoms with Crippen LogP contribution in [-0.4, -0.2) is 78.9 Å². The summed E-state index contributed by atoms with van der Waals surface area (Å²) in [5.74, 6) is -0.204. The number of hydrogen-bond acceptors (Lipinski definition) is 16. The minimum Gasteiger partial charge on any atom is -0.318 e. The smallest absolute Gasteiger partial charge is 0.318 e. The van der Waals surface area contributed by atoms with Crippen molar-refractivity contribution >= 4 is 125 Å². The number of thioether (sulfide) groups is 2. The van der Waals surface area contributed by atoms with Gasteiger partial charge in [-0.15, -0.1) is 23.5 Å². The summed E-state index contributed by atoms with van der Waals surface area (Å²) < 4.78 is 4.33. The zero-order valence-electron chi connectivity index (χ0n) is 59.5. The second-order valence-electron chi connectivity index (χ2n) is 25.6. The van der Waals surface area contributed by atoms with Gasteiger partial charge in [0.15, 0.2) is 11.6 Å². The van der Waals surface area contributed by atoms with Gasteiger partial charge < -0.3 is 28.5 Å². The highest BCUT2D eigenvalue weighted by molar-refractivity contribution is 7.99. The summed E-state index contributed by atoms with van der Waals surface area (Å²) in [5.41, 5.74) is 13.5. The van der Waals surface area contributed by atoms with E-state index < -0.39 is 23.9 Å². The minimum atomic E-state index is -0.495. The predicted molar refractivity (Wildman–Crippen MR) is 413 cm³/mol. The maximum absolute atomic E-state index is 14.4. The first-order valence-electron chi connectivity index (χ1n) is 35.4. The van der Waals surface area contributed by atoms with Gasteiger partial charge in [0.25, 0.3) is 0 Å². The Hall–Kier alpha value is -10.0. The Labute approximate surface area is 604 Å². The lowest BCUT2D eigenvalue weighted by molar-refractivity contribution is -0.141. The van der Waals surface area contributed by atoms with Crippen LogP contribution in [0.25, 0.3) is 55.0 Å². The molecule has 16 nitrogen and oxygen atoms in total. The van der Waals surface area contributed by atoms with Gasteiger partial charge in [0.05, 0.1) is 44.9 Å². The average molecular weight is 1410 g/mol. The van der Waals surface area contributed by atoms with Crippen LogP contribution in [0.5, 0.6) is 0 Å². The zero-order chi connectivity index (χ0) is 72.1. The molecular formula is C84H88N6O10S2. The van der Waals surface area contributed by atoms with Gasteiger partial charge in [-0.2, -0.15) is 0 Å². The Morgan fingerprint density at radius 1 is 0.314 bits per heavy atom. The Bertz CT molecular complexity index is 4490. The molecular weight excluding hydrogens is 1320 g/mol. The van der Waals surface area contributed by atoms with Crippen molar-refractivity contribution < 1.29 is 48.1 Å². The van der Waals surface area contributed by atoms with Gasteiger partial charge in [-0.1, -0.05) is 135 Å². The summed E-state index contributed by atoms with van der Waals surface area (Å²) in [4.78, 5) is 98.2. The first kappa shape index (κ1) is 74.6. The largest absolute Gasteiger partial charge is 0.331 e. The van der Waals surface area contributed by atoms with E-state index in [2.05, 4.69) is 67.9 Å². The van der Waals surface area contributed by atoms with Crippen molar-refractivity contribution in [3.05, 3.63) is 214 Å². The van der Waals surface area contributed by atoms with Gasteiger partial charge in [-0.05, 0) is 208 Å². The SMILES string of the molecule is CCCCCCCC(=NOC(C)=O)c1ccc2c(c1)c1cc(C(=O)c3ccc(SCCCCCCSc4ccc(C(=O)c5ccc6c(c5)c5cc(C(CCCCCCC)=NOC(C)=O)ccc5n6-c5ccc(C(C)=NOC(C)=O)cc5)cc4)cc3)ccc1n2-c1ccc(C(C)=NOC(C)=O)cc1. The Morgan fingerprint density at radius 2 is 0.598 bits per heavy atom. The molecule has 8 aromatic carbocycles. The molecule has 0 aliphatic rings. The van der Waals surface area contributed by atoms with Gasteiger partial charge in [0.1, 0.15) is 0 Å². The van der Waals surface area contributed by atoms with Crippen molar-refractivity contribution in [3.8, 4) is 11.4 Å². The number of oxime groups is 4. The van der Waals surface area contributed by atoms with E-state index in [9.17, 15) is 28.8 Å². The standard InChI is InChI=1S/C84H88N6O10S2/c1-9-11-13-15-19-23-77(87-99-59(7)93)65-33-45-79-73(51-65)75-53-67(35-47-81(75)89(79)69-37-25-61(26-38-69)55(3)85-97-57(5)91)83(95)63-29-41-71(42-30-63)101-49-21-17-18-22-50-102-72-43-31-64(32-44-72)84(96)68-36-48-82-76(54-68)74-52-66(78(88-100-60(8)94)24-20-16-14-12-10-2)34-46-80(74)90(82)70-39-27-62(28-40-70)56(4)86-98-58(6)92/h25-48,51-54H,9-24,49-50H2,1-8H3. The average Bonchev–Trinajstić information content (AvgIpc) is 1.59. The number of unbranched alkanes of at least 4 members (excludes halogenated alkanes) is 11. The maximum Gasteiger partial charge on any atom is 0.331 e. The number of hydrogen-bond donors (Lipinski definition) is 0. The molecule has 0 unspecified atom stereocenters. The van der Waals surface area contributed by atoms with E-state index in [0.717, 1.165) is 188 Å². The number of fused-ring (bicyclic) bond motifs is 6. The van der Waals surface area contributed by atoms with E-state index >= 15 is 0 Å². The van der Waals surface area contributed by atoms with E-state index in [1.54, 1.807) is 37.4 Å². The highest BCUT2D eigenvalue weighted by Crippen LogP contribution is 2.38. The van der Waals surface area contributed by atoms with E-state index in [1.165, 1.54) is 27.7 Å². The molecule has 0 atom stereocenters. The maximum atomic E-state index is 14.4. The summed E-state index contributed by atoms with van der Waals surface area (Å²) in [5, 5.41) is 20.2. The highest BCUT2D eigenvalue weighted by Gasteiger charge is 2.22. The molecule has 10 rings (SSSR count). The van der Waals surface area contributed by atoms with Gasteiger partial charge >= 0.3 is 23.9 Å². The lowest BCUT2D eigenvalue weighted by atomic mass is 9.99. The van der Waals surface area contributed by atoms with E-state index in [0.29, 0.717) is 57.9 Å². The number of rotatable bonds is 35. The van der Waals surface area contributed by atoms with Crippen LogP contribution in [0.2, 0.25) is 0 Å². The molecule has 0 saturated heterocycles. The molecule has 0 saturated carbocycles. The number of benzene rings is 8. The van der Waals surface area contributed by atoms with Crippen LogP contribution in [0.15, 0.2) is 200 Å². The number of carbonyl (C=O) groups excluding carboxylic acids is 6. The van der Waals surface area contributed by atoms with Crippen LogP contribution in [0, 0.1) is 0 Å². The molecule has 102 heavy (non-hydrogen) atoms. The van der Waals surface area contributed by atoms with Crippen molar-refractivity contribution in [1.29, 1.82) is 0 Å². The number of ketones is 2. The van der Waals surface area contributed by atoms with E-state index in [4.69, 9.17) is 19.4 Å². The fourth-order valence-electron chi connectivity index (χ4n) is 12.5. The third-order valence-electron chi connectivity index (χ3n) is 17.8. The van der Waals surface area contributed by atoms with Crippen LogP contribution >= 0.6 is 23.5 Å². The molecule has 0 aliphatic heterocycles. The Kier molecular flexibility index (Phi) is 26.7. The molecule has 18 heteroatoms. The van der Waals surface area contributed by atoms with Crippen molar-refractivity contribution in [2.45, 2.75) is 168 Å². The molecule has 0 fully saturated rings. The molecule has 0 amide bonds. The third kappa shape index (κ3) is 19.5. The monoisotopic (exact) mass is 1400 g/mol. The number of nitrogens with zero attached hydrogens (tertiary/aromatic N) is 6. The van der Waals surface area contributed by atoms with Crippen LogP contribution < -0.4 is 0 Å². The Balaban J connectivity index is 0.761. The van der Waals surface area contributed by atoms with Crippen LogP contribution in [0.4, 0.5) is 0 Å². The van der Waals surface area contributed by atoms with Gasteiger partial charge in [0.2, 0.25) is 0 Å². The highest BCUT2D eigenvalue weighted by atomic mass is 32.2. The third-order valence-corrected chi connectivity index (χ3v) is 20.0. The van der Waals surface area contributed by atoms with E-state index in [1.807, 2.05) is 146 Å². The van der Waals surface area contributed by atoms with Gasteiger partial charge in [-0.25, -0.2) is 19.2 Å². The number of carbonyl (C=O) groups is 6. The van der Waals surface area contributed by atoms with Crippen molar-refractivity contribution in [3.63, 3.8) is 0 Å². The predicted octanol–water partition coefficient (Wildman–Crippen LogP) is 20.6. The first-order chi connectivity index (χ1) is 49.5. The summed E-state index contributed by atoms with van der Waals surface area (Å²) in [7, 11) is 0. The van der Waals surface area contributed by atoms with Crippen LogP contribution in [-0.2, 0) is 38.5 Å². The normalized spacial score (nSPS) is 12.2. The summed E-state index contributed by atoms with van der Waals surface area (Å²) in [6.07, 6.45) is 16.3. The van der Waals surface area contributed by atoms with Crippen molar-refractivity contribution in [1.82, 2.24) is 9.13 Å². The minimum absolute atomic E-state index is 0.0820. The quantitative estimate of drug-likeness (QED) is 0.00911. The molecule has 526 valence electrons.